The van der Waals surface area contributed by atoms with E-state index in [-0.39, 0.29) is 11.4 Å². The van der Waals surface area contributed by atoms with Crippen LogP contribution >= 0.6 is 0 Å². The molecule has 0 atom stereocenters. The molecular weight excluding hydrogens is 237 g/mol. The second-order valence-electron chi connectivity index (χ2n) is 3.86. The van der Waals surface area contributed by atoms with Gasteiger partial charge in [-0.2, -0.15) is 4.73 Å². The first-order chi connectivity index (χ1) is 8.50. The number of rotatable bonds is 2. The highest BCUT2D eigenvalue weighted by molar-refractivity contribution is 5.85. The third-order valence-electron chi connectivity index (χ3n) is 2.63. The van der Waals surface area contributed by atoms with Crippen molar-refractivity contribution >= 4 is 5.97 Å². The standard InChI is InChI=1S/C13H10FNO3/c1-8-2-7-11(15(18)12(8)13(16)17)9-3-5-10(14)6-4-9/h2-7H,1H3,(H,16,17). The van der Waals surface area contributed by atoms with Gasteiger partial charge < -0.3 is 10.3 Å². The maximum Gasteiger partial charge on any atom is 0.402 e. The van der Waals surface area contributed by atoms with Crippen LogP contribution in [0.3, 0.4) is 0 Å². The lowest BCUT2D eigenvalue weighted by Gasteiger charge is -2.08. The van der Waals surface area contributed by atoms with Crippen LogP contribution in [-0.4, -0.2) is 11.1 Å². The molecule has 0 spiro atoms. The molecule has 1 aromatic carbocycles. The van der Waals surface area contributed by atoms with Crippen molar-refractivity contribution in [2.24, 2.45) is 0 Å². The fourth-order valence-electron chi connectivity index (χ4n) is 1.72. The number of carboxylic acids is 1. The van der Waals surface area contributed by atoms with E-state index >= 15 is 0 Å². The van der Waals surface area contributed by atoms with Crippen molar-refractivity contribution in [2.45, 2.75) is 6.92 Å². The van der Waals surface area contributed by atoms with Crippen LogP contribution in [0.4, 0.5) is 4.39 Å². The number of carboxylic acid groups (broad SMARTS) is 1. The topological polar surface area (TPSA) is 64.2 Å². The Bertz CT molecular complexity index is 608. The summed E-state index contributed by atoms with van der Waals surface area (Å²) in [6.45, 7) is 1.55. The Morgan fingerprint density at radius 1 is 1.22 bits per heavy atom. The second-order valence-corrected chi connectivity index (χ2v) is 3.86. The van der Waals surface area contributed by atoms with Gasteiger partial charge in [-0.1, -0.05) is 0 Å². The fraction of sp³-hybridized carbons (Fsp3) is 0.0769. The molecule has 0 amide bonds. The number of halogens is 1. The zero-order valence-electron chi connectivity index (χ0n) is 9.55. The third kappa shape index (κ3) is 2.02. The van der Waals surface area contributed by atoms with E-state index < -0.39 is 11.8 Å². The van der Waals surface area contributed by atoms with E-state index in [9.17, 15) is 14.4 Å². The smallest absolute Gasteiger partial charge is 0.402 e. The van der Waals surface area contributed by atoms with Gasteiger partial charge in [-0.3, -0.25) is 0 Å². The highest BCUT2D eigenvalue weighted by Crippen LogP contribution is 2.17. The molecule has 0 aliphatic rings. The molecule has 4 nitrogen and oxygen atoms in total. The maximum absolute atomic E-state index is 12.8. The van der Waals surface area contributed by atoms with Crippen LogP contribution in [-0.2, 0) is 0 Å². The van der Waals surface area contributed by atoms with Gasteiger partial charge >= 0.3 is 11.7 Å². The number of hydrogen-bond acceptors (Lipinski definition) is 2. The first-order valence-electron chi connectivity index (χ1n) is 5.23. The van der Waals surface area contributed by atoms with Crippen molar-refractivity contribution < 1.29 is 19.0 Å². The Labute approximate surface area is 103 Å². The minimum Gasteiger partial charge on any atom is -0.618 e. The van der Waals surface area contributed by atoms with Crippen molar-refractivity contribution in [3.8, 4) is 11.3 Å². The number of pyridine rings is 1. The summed E-state index contributed by atoms with van der Waals surface area (Å²) in [7, 11) is 0. The molecule has 18 heavy (non-hydrogen) atoms. The Kier molecular flexibility index (Phi) is 2.97. The molecular formula is C13H10FNO3. The molecule has 0 aliphatic heterocycles. The van der Waals surface area contributed by atoms with Crippen LogP contribution in [0.5, 0.6) is 0 Å². The lowest BCUT2D eigenvalue weighted by atomic mass is 10.1. The molecule has 2 aromatic rings. The molecule has 1 N–H and O–H groups in total. The van der Waals surface area contributed by atoms with Crippen molar-refractivity contribution in [3.63, 3.8) is 0 Å². The van der Waals surface area contributed by atoms with Crippen molar-refractivity contribution in [2.75, 3.05) is 0 Å². The SMILES string of the molecule is Cc1ccc(-c2ccc(F)cc2)[n+]([O-])c1C(=O)O. The zero-order chi connectivity index (χ0) is 13.3. The first-order valence-corrected chi connectivity index (χ1v) is 5.23. The summed E-state index contributed by atoms with van der Waals surface area (Å²) in [4.78, 5) is 11.0. The largest absolute Gasteiger partial charge is 0.618 e. The molecule has 0 saturated heterocycles. The van der Waals surface area contributed by atoms with Gasteiger partial charge in [-0.15, -0.1) is 0 Å². The van der Waals surface area contributed by atoms with Gasteiger partial charge in [-0.05, 0) is 37.3 Å². The minimum atomic E-state index is -1.29. The number of carbonyl (C=O) groups is 1. The second kappa shape index (κ2) is 4.44. The molecule has 0 fully saturated rings. The lowest BCUT2D eigenvalue weighted by molar-refractivity contribution is -0.597. The summed E-state index contributed by atoms with van der Waals surface area (Å²) < 4.78 is 13.1. The van der Waals surface area contributed by atoms with Crippen LogP contribution in [0.25, 0.3) is 11.3 Å². The molecule has 0 radical (unpaired) electrons. The first kappa shape index (κ1) is 12.0. The lowest BCUT2D eigenvalue weighted by Crippen LogP contribution is -2.38. The van der Waals surface area contributed by atoms with Gasteiger partial charge in [-0.25, -0.2) is 9.18 Å². The van der Waals surface area contributed by atoms with Crippen LogP contribution < -0.4 is 4.73 Å². The number of hydrogen-bond donors (Lipinski definition) is 1. The molecule has 1 aromatic heterocycles. The van der Waals surface area contributed by atoms with Crippen molar-refractivity contribution in [3.05, 3.63) is 58.7 Å². The molecule has 0 bridgehead atoms. The maximum atomic E-state index is 12.8. The predicted octanol–water partition coefficient (Wildman–Crippen LogP) is 2.13. The van der Waals surface area contributed by atoms with Crippen molar-refractivity contribution in [1.29, 1.82) is 0 Å². The van der Waals surface area contributed by atoms with Gasteiger partial charge in [0.15, 0.2) is 0 Å². The minimum absolute atomic E-state index is 0.179. The Morgan fingerprint density at radius 2 is 1.83 bits per heavy atom. The quantitative estimate of drug-likeness (QED) is 0.653. The van der Waals surface area contributed by atoms with E-state index in [0.29, 0.717) is 15.9 Å². The van der Waals surface area contributed by atoms with E-state index in [0.717, 1.165) is 0 Å². The average Bonchev–Trinajstić information content (AvgIpc) is 2.30. The van der Waals surface area contributed by atoms with Crippen LogP contribution in [0.2, 0.25) is 0 Å². The number of benzene rings is 1. The van der Waals surface area contributed by atoms with Crippen LogP contribution in [0.1, 0.15) is 16.1 Å². The molecule has 92 valence electrons. The monoisotopic (exact) mass is 247 g/mol. The fourth-order valence-corrected chi connectivity index (χ4v) is 1.72. The molecule has 0 aliphatic carbocycles. The predicted molar refractivity (Wildman–Crippen MR) is 62.5 cm³/mol. The van der Waals surface area contributed by atoms with Gasteiger partial charge in [0.1, 0.15) is 5.82 Å². The summed E-state index contributed by atoms with van der Waals surface area (Å²) in [5.74, 6) is -1.70. The number of aryl methyl sites for hydroxylation is 1. The Hall–Kier alpha value is -2.43. The summed E-state index contributed by atoms with van der Waals surface area (Å²) in [6.07, 6.45) is 0. The highest BCUT2D eigenvalue weighted by atomic mass is 19.1. The average molecular weight is 247 g/mol. The van der Waals surface area contributed by atoms with Crippen LogP contribution in [0, 0.1) is 17.9 Å². The third-order valence-corrected chi connectivity index (χ3v) is 2.63. The van der Waals surface area contributed by atoms with E-state index in [1.165, 1.54) is 30.3 Å². The molecule has 1 heterocycles. The molecule has 0 saturated carbocycles. The van der Waals surface area contributed by atoms with Gasteiger partial charge in [0, 0.05) is 17.2 Å². The number of aromatic carboxylic acids is 1. The molecule has 5 heteroatoms. The highest BCUT2D eigenvalue weighted by Gasteiger charge is 2.22. The van der Waals surface area contributed by atoms with Gasteiger partial charge in [0.25, 0.3) is 0 Å². The number of aromatic nitrogens is 1. The van der Waals surface area contributed by atoms with E-state index in [1.54, 1.807) is 13.0 Å². The van der Waals surface area contributed by atoms with Crippen LogP contribution in [0.15, 0.2) is 36.4 Å². The summed E-state index contributed by atoms with van der Waals surface area (Å²) in [5, 5.41) is 20.9. The van der Waals surface area contributed by atoms with Gasteiger partial charge in [0.05, 0.1) is 0 Å². The van der Waals surface area contributed by atoms with Gasteiger partial charge in [0.2, 0.25) is 5.69 Å². The normalized spacial score (nSPS) is 10.3. The molecule has 2 rings (SSSR count). The van der Waals surface area contributed by atoms with E-state index in [1.807, 2.05) is 0 Å². The summed E-state index contributed by atoms with van der Waals surface area (Å²) in [5.41, 5.74) is 0.701. The Morgan fingerprint density at radius 3 is 2.39 bits per heavy atom. The van der Waals surface area contributed by atoms with E-state index in [2.05, 4.69) is 0 Å². The summed E-state index contributed by atoms with van der Waals surface area (Å²) in [6, 6.07) is 8.36. The van der Waals surface area contributed by atoms with E-state index in [4.69, 9.17) is 5.11 Å². The van der Waals surface area contributed by atoms with Crippen molar-refractivity contribution in [1.82, 2.24) is 0 Å². The Balaban J connectivity index is 2.62. The molecule has 0 unspecified atom stereocenters. The summed E-state index contributed by atoms with van der Waals surface area (Å²) >= 11 is 0. The number of nitrogens with zero attached hydrogens (tertiary/aromatic N) is 1. The zero-order valence-corrected chi connectivity index (χ0v) is 9.55.